The van der Waals surface area contributed by atoms with Gasteiger partial charge in [0.25, 0.3) is 11.2 Å². The monoisotopic (exact) mass is 725 g/mol. The lowest BCUT2D eigenvalue weighted by Crippen LogP contribution is -2.39. The highest BCUT2D eigenvalue weighted by atomic mass is 79.9. The number of nitro benzene ring substituents is 1. The second kappa shape index (κ2) is 12.8. The molecule has 0 radical (unpaired) electrons. The second-order valence-electron chi connectivity index (χ2n) is 9.74. The Labute approximate surface area is 267 Å². The summed E-state index contributed by atoms with van der Waals surface area (Å²) < 4.78 is 14.6. The summed E-state index contributed by atoms with van der Waals surface area (Å²) in [7, 11) is 0. The number of benzene rings is 3. The van der Waals surface area contributed by atoms with Gasteiger partial charge in [-0.2, -0.15) is 0 Å². The van der Waals surface area contributed by atoms with Crippen LogP contribution in [0.2, 0.25) is 0 Å². The molecule has 12 heteroatoms. The molecule has 9 nitrogen and oxygen atoms in total. The molecule has 5 rings (SSSR count). The Morgan fingerprint density at radius 3 is 2.47 bits per heavy atom. The number of allylic oxidation sites excluding steroid dienone is 1. The normalized spacial score (nSPS) is 14.7. The highest BCUT2D eigenvalue weighted by Gasteiger charge is 2.33. The molecule has 1 atom stereocenters. The van der Waals surface area contributed by atoms with E-state index in [4.69, 9.17) is 9.47 Å². The number of rotatable bonds is 8. The van der Waals surface area contributed by atoms with Gasteiger partial charge in [0.2, 0.25) is 0 Å². The molecule has 2 heterocycles. The van der Waals surface area contributed by atoms with Crippen LogP contribution in [-0.2, 0) is 16.1 Å². The number of thiazole rings is 1. The van der Waals surface area contributed by atoms with Crippen molar-refractivity contribution in [3.05, 3.63) is 133 Å². The predicted octanol–water partition coefficient (Wildman–Crippen LogP) is 6.12. The minimum absolute atomic E-state index is 0.00904. The van der Waals surface area contributed by atoms with Crippen molar-refractivity contribution in [2.75, 3.05) is 6.61 Å². The van der Waals surface area contributed by atoms with E-state index in [9.17, 15) is 19.7 Å². The fraction of sp³-hybridized carbons (Fsp3) is 0.194. The van der Waals surface area contributed by atoms with Crippen LogP contribution in [0.4, 0.5) is 5.69 Å². The zero-order valence-corrected chi connectivity index (χ0v) is 27.3. The molecule has 0 aliphatic carbocycles. The molecule has 0 amide bonds. The van der Waals surface area contributed by atoms with Gasteiger partial charge in [0, 0.05) is 12.1 Å². The number of aromatic nitrogens is 1. The number of hydrogen-bond donors (Lipinski definition) is 0. The molecule has 1 aliphatic heterocycles. The van der Waals surface area contributed by atoms with Gasteiger partial charge in [-0.15, -0.1) is 0 Å². The van der Waals surface area contributed by atoms with E-state index in [1.165, 1.54) is 23.5 Å². The zero-order chi connectivity index (χ0) is 30.8. The third-order valence-electron chi connectivity index (χ3n) is 6.73. The van der Waals surface area contributed by atoms with Crippen molar-refractivity contribution >= 4 is 60.9 Å². The van der Waals surface area contributed by atoms with Crippen LogP contribution in [0, 0.1) is 17.0 Å². The Bertz CT molecular complexity index is 1940. The van der Waals surface area contributed by atoms with E-state index in [1.807, 2.05) is 43.3 Å². The van der Waals surface area contributed by atoms with Gasteiger partial charge < -0.3 is 9.47 Å². The Balaban J connectivity index is 1.52. The maximum absolute atomic E-state index is 13.9. The van der Waals surface area contributed by atoms with E-state index in [-0.39, 0.29) is 24.5 Å². The highest BCUT2D eigenvalue weighted by Crippen LogP contribution is 2.36. The number of nitro groups is 1. The van der Waals surface area contributed by atoms with E-state index in [0.29, 0.717) is 40.9 Å². The molecule has 0 fully saturated rings. The largest absolute Gasteiger partial charge is 0.487 e. The number of ether oxygens (including phenoxy) is 2. The summed E-state index contributed by atoms with van der Waals surface area (Å²) >= 11 is 8.34. The number of non-ortho nitro benzene ring substituents is 1. The number of fused-ring (bicyclic) bond motifs is 1. The molecule has 0 N–H and O–H groups in total. The molecule has 3 aromatic carbocycles. The van der Waals surface area contributed by atoms with Crippen molar-refractivity contribution in [2.24, 2.45) is 4.99 Å². The van der Waals surface area contributed by atoms with E-state index in [0.717, 1.165) is 16.7 Å². The van der Waals surface area contributed by atoms with E-state index in [1.54, 1.807) is 36.6 Å². The molecule has 220 valence electrons. The average Bonchev–Trinajstić information content (AvgIpc) is 3.26. The van der Waals surface area contributed by atoms with Crippen LogP contribution in [0.25, 0.3) is 6.08 Å². The van der Waals surface area contributed by atoms with Gasteiger partial charge >= 0.3 is 5.97 Å². The Hall–Kier alpha value is -3.87. The van der Waals surface area contributed by atoms with Crippen LogP contribution in [-0.4, -0.2) is 22.1 Å². The standard InChI is InChI=1S/C31H25Br2N3O6S/c1-4-41-30(38)26-18(3)34-31-35(27(26)21-10-8-17(2)9-11-21)29(37)25(43-31)15-20-13-23(32)28(24(33)14-20)42-16-19-6-5-7-22(12-19)36(39)40/h5-15,27H,4,16H2,1-3H3/b25-15+/t27-/m1/s1. The first-order valence-electron chi connectivity index (χ1n) is 13.2. The SMILES string of the molecule is CCOC(=O)C1=C(C)N=c2s/c(=C/c3cc(Br)c(OCc4cccc([N+](=O)[O-])c4)c(Br)c3)c(=O)n2[C@@H]1c1ccc(C)cc1. The Morgan fingerprint density at radius 2 is 1.81 bits per heavy atom. The summed E-state index contributed by atoms with van der Waals surface area (Å²) in [6.07, 6.45) is 1.76. The first-order valence-corrected chi connectivity index (χ1v) is 15.6. The third kappa shape index (κ3) is 6.41. The summed E-state index contributed by atoms with van der Waals surface area (Å²) in [5.74, 6) is 0.0105. The fourth-order valence-electron chi connectivity index (χ4n) is 4.72. The van der Waals surface area contributed by atoms with Crippen LogP contribution >= 0.6 is 43.2 Å². The summed E-state index contributed by atoms with van der Waals surface area (Å²) in [5, 5.41) is 11.1. The predicted molar refractivity (Wildman–Crippen MR) is 171 cm³/mol. The highest BCUT2D eigenvalue weighted by molar-refractivity contribution is 9.11. The minimum Gasteiger partial charge on any atom is -0.487 e. The number of carbonyl (C=O) groups excluding carboxylic acids is 1. The van der Waals surface area contributed by atoms with Crippen LogP contribution in [0.1, 0.15) is 42.1 Å². The number of halogens is 2. The summed E-state index contributed by atoms with van der Waals surface area (Å²) in [4.78, 5) is 42.7. The van der Waals surface area contributed by atoms with E-state index >= 15 is 0 Å². The summed E-state index contributed by atoms with van der Waals surface area (Å²) in [6, 6.07) is 16.9. The fourth-order valence-corrected chi connectivity index (χ4v) is 7.22. The van der Waals surface area contributed by atoms with Gasteiger partial charge in [-0.1, -0.05) is 53.3 Å². The lowest BCUT2D eigenvalue weighted by molar-refractivity contribution is -0.384. The van der Waals surface area contributed by atoms with Gasteiger partial charge in [0.05, 0.1) is 42.3 Å². The summed E-state index contributed by atoms with van der Waals surface area (Å²) in [6.45, 7) is 5.80. The van der Waals surface area contributed by atoms with Gasteiger partial charge in [-0.05, 0) is 87.5 Å². The number of carbonyl (C=O) groups is 1. The lowest BCUT2D eigenvalue weighted by Gasteiger charge is -2.24. The molecular formula is C31H25Br2N3O6S. The molecule has 0 saturated heterocycles. The van der Waals surface area contributed by atoms with Crippen molar-refractivity contribution < 1.29 is 19.2 Å². The van der Waals surface area contributed by atoms with E-state index in [2.05, 4.69) is 36.9 Å². The van der Waals surface area contributed by atoms with Crippen molar-refractivity contribution in [3.8, 4) is 5.75 Å². The molecule has 0 bridgehead atoms. The zero-order valence-electron chi connectivity index (χ0n) is 23.3. The summed E-state index contributed by atoms with van der Waals surface area (Å²) in [5.41, 5.74) is 3.77. The third-order valence-corrected chi connectivity index (χ3v) is 8.89. The molecular weight excluding hydrogens is 702 g/mol. The Kier molecular flexibility index (Phi) is 9.09. The molecule has 0 unspecified atom stereocenters. The molecule has 1 aliphatic rings. The number of aryl methyl sites for hydroxylation is 1. The van der Waals surface area contributed by atoms with Crippen LogP contribution < -0.4 is 19.6 Å². The topological polar surface area (TPSA) is 113 Å². The minimum atomic E-state index is -0.680. The molecule has 1 aromatic heterocycles. The van der Waals surface area contributed by atoms with Gasteiger partial charge in [-0.25, -0.2) is 9.79 Å². The van der Waals surface area contributed by atoms with Gasteiger partial charge in [0.1, 0.15) is 12.4 Å². The van der Waals surface area contributed by atoms with Crippen molar-refractivity contribution in [2.45, 2.75) is 33.4 Å². The lowest BCUT2D eigenvalue weighted by atomic mass is 9.95. The molecule has 0 spiro atoms. The van der Waals surface area contributed by atoms with E-state index < -0.39 is 16.9 Å². The smallest absolute Gasteiger partial charge is 0.338 e. The maximum Gasteiger partial charge on any atom is 0.338 e. The van der Waals surface area contributed by atoms with Crippen molar-refractivity contribution in [1.82, 2.24) is 4.57 Å². The van der Waals surface area contributed by atoms with Crippen LogP contribution in [0.5, 0.6) is 5.75 Å². The molecule has 0 saturated carbocycles. The van der Waals surface area contributed by atoms with Gasteiger partial charge in [0.15, 0.2) is 4.80 Å². The Morgan fingerprint density at radius 1 is 1.12 bits per heavy atom. The number of nitrogens with zero attached hydrogens (tertiary/aromatic N) is 3. The number of esters is 1. The van der Waals surface area contributed by atoms with Crippen LogP contribution in [0.3, 0.4) is 0 Å². The van der Waals surface area contributed by atoms with Gasteiger partial charge in [-0.3, -0.25) is 19.5 Å². The average molecular weight is 727 g/mol. The first-order chi connectivity index (χ1) is 20.6. The molecule has 43 heavy (non-hydrogen) atoms. The van der Waals surface area contributed by atoms with Crippen molar-refractivity contribution in [1.29, 1.82) is 0 Å². The maximum atomic E-state index is 13.9. The first kappa shape index (κ1) is 30.6. The quantitative estimate of drug-likeness (QED) is 0.123. The second-order valence-corrected chi connectivity index (χ2v) is 12.5. The number of hydrogen-bond acceptors (Lipinski definition) is 8. The van der Waals surface area contributed by atoms with Crippen molar-refractivity contribution in [3.63, 3.8) is 0 Å². The molecule has 4 aromatic rings. The van der Waals surface area contributed by atoms with Crippen LogP contribution in [0.15, 0.2) is 90.7 Å².